The third-order valence-electron chi connectivity index (χ3n) is 1.24. The highest BCUT2D eigenvalue weighted by Gasteiger charge is 2.08. The van der Waals surface area contributed by atoms with Crippen LogP contribution in [0.5, 0.6) is 0 Å². The molecule has 0 saturated heterocycles. The molecule has 0 atom stereocenters. The van der Waals surface area contributed by atoms with Crippen LogP contribution in [0, 0.1) is 0 Å². The molecule has 62 valence electrons. The van der Waals surface area contributed by atoms with Gasteiger partial charge in [0.25, 0.3) is 0 Å². The average Bonchev–Trinajstić information content (AvgIpc) is 2.48. The van der Waals surface area contributed by atoms with E-state index >= 15 is 0 Å². The number of hydrogen-bond donors (Lipinski definition) is 1. The molecule has 0 unspecified atom stereocenters. The minimum Gasteiger partial charge on any atom is -0.477 e. The Morgan fingerprint density at radius 2 is 2.33 bits per heavy atom. The van der Waals surface area contributed by atoms with Crippen molar-refractivity contribution in [2.45, 2.75) is 0 Å². The van der Waals surface area contributed by atoms with Crippen LogP contribution in [-0.2, 0) is 4.79 Å². The van der Waals surface area contributed by atoms with Crippen molar-refractivity contribution >= 4 is 29.7 Å². The number of aldehydes is 1. The first kappa shape index (κ1) is 8.67. The smallest absolute Gasteiger partial charge is 0.346 e. The summed E-state index contributed by atoms with van der Waals surface area (Å²) in [6, 6.07) is 1.66. The lowest BCUT2D eigenvalue weighted by molar-refractivity contribution is -0.104. The van der Waals surface area contributed by atoms with Crippen molar-refractivity contribution in [3.63, 3.8) is 0 Å². The second-order valence-corrected chi connectivity index (χ2v) is 2.92. The fraction of sp³-hybridized carbons (Fsp3) is 0. The van der Waals surface area contributed by atoms with Gasteiger partial charge >= 0.3 is 5.97 Å². The predicted molar refractivity (Wildman–Crippen MR) is 46.4 cm³/mol. The van der Waals surface area contributed by atoms with E-state index in [1.165, 1.54) is 12.2 Å². The third kappa shape index (κ3) is 1.79. The van der Waals surface area contributed by atoms with E-state index in [9.17, 15) is 9.59 Å². The standard InChI is InChI=1S/C8H6O3S/c9-4-1-2-6-3-5-12-7(6)8(10)11/h1-5H,(H,10,11). The molecule has 0 spiro atoms. The van der Waals surface area contributed by atoms with Crippen LogP contribution in [0.3, 0.4) is 0 Å². The van der Waals surface area contributed by atoms with E-state index in [-0.39, 0.29) is 4.88 Å². The van der Waals surface area contributed by atoms with Gasteiger partial charge in [0, 0.05) is 0 Å². The number of hydrogen-bond acceptors (Lipinski definition) is 3. The maximum Gasteiger partial charge on any atom is 0.346 e. The molecule has 12 heavy (non-hydrogen) atoms. The predicted octanol–water partition coefficient (Wildman–Crippen LogP) is 1.66. The first-order valence-corrected chi connectivity index (χ1v) is 4.06. The SMILES string of the molecule is O=CC=Cc1ccsc1C(=O)O. The maximum atomic E-state index is 10.5. The topological polar surface area (TPSA) is 54.4 Å². The fourth-order valence-corrected chi connectivity index (χ4v) is 1.49. The molecule has 0 amide bonds. The number of carbonyl (C=O) groups excluding carboxylic acids is 1. The fourth-order valence-electron chi connectivity index (χ4n) is 0.767. The Hall–Kier alpha value is -1.42. The van der Waals surface area contributed by atoms with E-state index in [0.29, 0.717) is 11.8 Å². The summed E-state index contributed by atoms with van der Waals surface area (Å²) in [5, 5.41) is 10.3. The summed E-state index contributed by atoms with van der Waals surface area (Å²) >= 11 is 1.14. The van der Waals surface area contributed by atoms with Gasteiger partial charge < -0.3 is 5.11 Å². The van der Waals surface area contributed by atoms with Gasteiger partial charge in [0.1, 0.15) is 11.2 Å². The number of carbonyl (C=O) groups is 2. The van der Waals surface area contributed by atoms with Gasteiger partial charge in [-0.05, 0) is 23.1 Å². The Bertz CT molecular complexity index is 325. The molecule has 0 aromatic carbocycles. The molecule has 0 fully saturated rings. The minimum atomic E-state index is -0.962. The normalized spacial score (nSPS) is 10.3. The molecule has 0 saturated carbocycles. The Labute approximate surface area is 73.0 Å². The van der Waals surface area contributed by atoms with Crippen LogP contribution in [0.15, 0.2) is 17.5 Å². The van der Waals surface area contributed by atoms with E-state index in [1.807, 2.05) is 0 Å². The summed E-state index contributed by atoms with van der Waals surface area (Å²) in [5.74, 6) is -0.962. The summed E-state index contributed by atoms with van der Waals surface area (Å²) < 4.78 is 0. The van der Waals surface area contributed by atoms with Crippen LogP contribution in [0.25, 0.3) is 6.08 Å². The van der Waals surface area contributed by atoms with Gasteiger partial charge in [0.2, 0.25) is 0 Å². The lowest BCUT2D eigenvalue weighted by Gasteiger charge is -1.88. The highest BCUT2D eigenvalue weighted by atomic mass is 32.1. The lowest BCUT2D eigenvalue weighted by atomic mass is 10.2. The van der Waals surface area contributed by atoms with Crippen LogP contribution >= 0.6 is 11.3 Å². The zero-order chi connectivity index (χ0) is 8.97. The molecule has 4 heteroatoms. The number of carboxylic acid groups (broad SMARTS) is 1. The van der Waals surface area contributed by atoms with Crippen molar-refractivity contribution in [2.24, 2.45) is 0 Å². The molecule has 1 N–H and O–H groups in total. The van der Waals surface area contributed by atoms with Crippen molar-refractivity contribution in [3.8, 4) is 0 Å². The molecule has 1 aromatic heterocycles. The average molecular weight is 182 g/mol. The number of carboxylic acids is 1. The summed E-state index contributed by atoms with van der Waals surface area (Å²) in [5.41, 5.74) is 0.569. The largest absolute Gasteiger partial charge is 0.477 e. The van der Waals surface area contributed by atoms with Crippen LogP contribution in [-0.4, -0.2) is 17.4 Å². The molecule has 0 aliphatic heterocycles. The van der Waals surface area contributed by atoms with Crippen molar-refractivity contribution in [1.29, 1.82) is 0 Å². The minimum absolute atomic E-state index is 0.258. The molecular weight excluding hydrogens is 176 g/mol. The first-order chi connectivity index (χ1) is 5.75. The molecule has 0 radical (unpaired) electrons. The third-order valence-corrected chi connectivity index (χ3v) is 2.16. The molecular formula is C8H6O3S. The zero-order valence-electron chi connectivity index (χ0n) is 6.06. The van der Waals surface area contributed by atoms with Gasteiger partial charge in [0.05, 0.1) is 0 Å². The van der Waals surface area contributed by atoms with E-state index in [0.717, 1.165) is 11.3 Å². The maximum absolute atomic E-state index is 10.5. The summed E-state index contributed by atoms with van der Waals surface area (Å²) in [6.45, 7) is 0. The van der Waals surface area contributed by atoms with Gasteiger partial charge in [-0.15, -0.1) is 11.3 Å². The van der Waals surface area contributed by atoms with E-state index < -0.39 is 5.97 Å². The van der Waals surface area contributed by atoms with Gasteiger partial charge in [-0.25, -0.2) is 4.79 Å². The Morgan fingerprint density at radius 3 is 2.92 bits per heavy atom. The molecule has 0 bridgehead atoms. The van der Waals surface area contributed by atoms with Gasteiger partial charge in [-0.2, -0.15) is 0 Å². The Morgan fingerprint density at radius 1 is 1.58 bits per heavy atom. The van der Waals surface area contributed by atoms with Crippen molar-refractivity contribution in [1.82, 2.24) is 0 Å². The summed E-state index contributed by atoms with van der Waals surface area (Å²) in [6.07, 6.45) is 3.37. The number of rotatable bonds is 3. The zero-order valence-corrected chi connectivity index (χ0v) is 6.88. The summed E-state index contributed by atoms with van der Waals surface area (Å²) in [4.78, 5) is 20.7. The first-order valence-electron chi connectivity index (χ1n) is 3.18. The van der Waals surface area contributed by atoms with Gasteiger partial charge in [0.15, 0.2) is 0 Å². The van der Waals surface area contributed by atoms with E-state index in [1.54, 1.807) is 11.4 Å². The number of allylic oxidation sites excluding steroid dienone is 1. The molecule has 1 rings (SSSR count). The van der Waals surface area contributed by atoms with Crippen LogP contribution < -0.4 is 0 Å². The van der Waals surface area contributed by atoms with Crippen LogP contribution in [0.4, 0.5) is 0 Å². The van der Waals surface area contributed by atoms with Crippen LogP contribution in [0.2, 0.25) is 0 Å². The number of aromatic carboxylic acids is 1. The van der Waals surface area contributed by atoms with Crippen molar-refractivity contribution in [3.05, 3.63) is 28.0 Å². The van der Waals surface area contributed by atoms with E-state index in [4.69, 9.17) is 5.11 Å². The molecule has 1 heterocycles. The van der Waals surface area contributed by atoms with E-state index in [2.05, 4.69) is 0 Å². The van der Waals surface area contributed by atoms with Crippen LogP contribution in [0.1, 0.15) is 15.2 Å². The quantitative estimate of drug-likeness (QED) is 0.571. The second-order valence-electron chi connectivity index (χ2n) is 2.01. The van der Waals surface area contributed by atoms with Gasteiger partial charge in [-0.3, -0.25) is 4.79 Å². The highest BCUT2D eigenvalue weighted by molar-refractivity contribution is 7.12. The Kier molecular flexibility index (Phi) is 2.76. The van der Waals surface area contributed by atoms with Gasteiger partial charge in [-0.1, -0.05) is 6.08 Å². The molecule has 0 aliphatic rings. The molecule has 3 nitrogen and oxygen atoms in total. The summed E-state index contributed by atoms with van der Waals surface area (Å²) in [7, 11) is 0. The Balaban J connectivity index is 2.99. The molecule has 0 aliphatic carbocycles. The van der Waals surface area contributed by atoms with Crippen molar-refractivity contribution < 1.29 is 14.7 Å². The molecule has 1 aromatic rings. The second kappa shape index (κ2) is 3.82. The highest BCUT2D eigenvalue weighted by Crippen LogP contribution is 2.17. The monoisotopic (exact) mass is 182 g/mol. The van der Waals surface area contributed by atoms with Crippen molar-refractivity contribution in [2.75, 3.05) is 0 Å². The number of thiophene rings is 1. The lowest BCUT2D eigenvalue weighted by Crippen LogP contribution is -1.93.